The molecule has 0 saturated carbocycles. The quantitative estimate of drug-likeness (QED) is 0.394. The summed E-state index contributed by atoms with van der Waals surface area (Å²) < 4.78 is 49.2. The Kier molecular flexibility index (Phi) is 6.83. The van der Waals surface area contributed by atoms with Crippen molar-refractivity contribution in [1.82, 2.24) is 10.2 Å². The number of benzene rings is 2. The van der Waals surface area contributed by atoms with Gasteiger partial charge in [0.2, 0.25) is 5.13 Å². The molecule has 0 spiro atoms. The molecule has 1 heterocycles. The molecular weight excluding hydrogens is 439 g/mol. The molecule has 0 fully saturated rings. The Bertz CT molecular complexity index is 1020. The maximum atomic E-state index is 12.8. The fourth-order valence-electron chi connectivity index (χ4n) is 2.41. The van der Waals surface area contributed by atoms with Gasteiger partial charge in [-0.2, -0.15) is 13.2 Å². The van der Waals surface area contributed by atoms with Crippen LogP contribution in [0.3, 0.4) is 0 Å². The number of amides is 1. The highest BCUT2D eigenvalue weighted by Gasteiger charge is 2.30. The highest BCUT2D eigenvalue weighted by molar-refractivity contribution is 8.00. The molecule has 1 N–H and O–H groups in total. The Morgan fingerprint density at radius 2 is 1.80 bits per heavy atom. The number of nitrogens with one attached hydrogen (secondary N) is 1. The summed E-state index contributed by atoms with van der Waals surface area (Å²) >= 11 is 2.36. The van der Waals surface area contributed by atoms with Crippen LogP contribution in [-0.2, 0) is 11.9 Å². The Morgan fingerprint density at radius 1 is 1.10 bits per heavy atom. The lowest BCUT2D eigenvalue weighted by atomic mass is 10.1. The molecule has 0 aliphatic rings. The van der Waals surface area contributed by atoms with Crippen LogP contribution in [0.1, 0.15) is 21.5 Å². The summed E-state index contributed by atoms with van der Waals surface area (Å²) in [5.74, 6) is 0.806. The number of hydrogen-bond acceptors (Lipinski definition) is 7. The van der Waals surface area contributed by atoms with E-state index in [0.717, 1.165) is 23.5 Å². The predicted molar refractivity (Wildman–Crippen MR) is 108 cm³/mol. The standard InChI is InChI=1S/C19H16F3N3O3S2/c1-27-14-7-12(8-15(9-14)28-2)16(26)23-17-24-25-18(30-17)29-10-11-4-3-5-13(6-11)19(20,21)22/h3-9H,10H2,1-2H3,(H,23,24,26). The van der Waals surface area contributed by atoms with Crippen molar-refractivity contribution < 1.29 is 27.4 Å². The van der Waals surface area contributed by atoms with Crippen LogP contribution in [0.25, 0.3) is 0 Å². The van der Waals surface area contributed by atoms with Gasteiger partial charge in [0.1, 0.15) is 11.5 Å². The summed E-state index contributed by atoms with van der Waals surface area (Å²) in [6, 6.07) is 9.87. The van der Waals surface area contributed by atoms with Gasteiger partial charge >= 0.3 is 6.18 Å². The highest BCUT2D eigenvalue weighted by atomic mass is 32.2. The summed E-state index contributed by atoms with van der Waals surface area (Å²) in [6.07, 6.45) is -4.39. The van der Waals surface area contributed by atoms with Gasteiger partial charge < -0.3 is 9.47 Å². The van der Waals surface area contributed by atoms with Crippen LogP contribution in [-0.4, -0.2) is 30.3 Å². The number of rotatable bonds is 7. The Hall–Kier alpha value is -2.79. The lowest BCUT2D eigenvalue weighted by Crippen LogP contribution is -2.12. The number of carbonyl (C=O) groups excluding carboxylic acids is 1. The lowest BCUT2D eigenvalue weighted by Gasteiger charge is -2.08. The summed E-state index contributed by atoms with van der Waals surface area (Å²) in [5.41, 5.74) is 0.137. The number of aromatic nitrogens is 2. The van der Waals surface area contributed by atoms with Crippen LogP contribution in [0.5, 0.6) is 11.5 Å². The average Bonchev–Trinajstić information content (AvgIpc) is 3.18. The van der Waals surface area contributed by atoms with Crippen LogP contribution in [0, 0.1) is 0 Å². The molecule has 1 aromatic heterocycles. The zero-order valence-electron chi connectivity index (χ0n) is 15.8. The van der Waals surface area contributed by atoms with Gasteiger partial charge in [0.05, 0.1) is 19.8 Å². The van der Waals surface area contributed by atoms with Gasteiger partial charge in [0.15, 0.2) is 4.34 Å². The smallest absolute Gasteiger partial charge is 0.416 e. The third kappa shape index (κ3) is 5.63. The minimum atomic E-state index is -4.39. The zero-order valence-corrected chi connectivity index (χ0v) is 17.5. The van der Waals surface area contributed by atoms with E-state index in [1.165, 1.54) is 32.0 Å². The molecule has 1 amide bonds. The van der Waals surface area contributed by atoms with E-state index >= 15 is 0 Å². The zero-order chi connectivity index (χ0) is 21.7. The first kappa shape index (κ1) is 21.9. The molecule has 3 aromatic rings. The Morgan fingerprint density at radius 3 is 2.43 bits per heavy atom. The second-order valence-electron chi connectivity index (χ2n) is 5.92. The summed E-state index contributed by atoms with van der Waals surface area (Å²) in [7, 11) is 2.96. The van der Waals surface area contributed by atoms with Crippen molar-refractivity contribution in [2.75, 3.05) is 19.5 Å². The first-order chi connectivity index (χ1) is 14.3. The lowest BCUT2D eigenvalue weighted by molar-refractivity contribution is -0.137. The van der Waals surface area contributed by atoms with Gasteiger partial charge in [0, 0.05) is 17.4 Å². The average molecular weight is 455 g/mol. The van der Waals surface area contributed by atoms with Crippen molar-refractivity contribution in [1.29, 1.82) is 0 Å². The van der Waals surface area contributed by atoms with Gasteiger partial charge in [-0.15, -0.1) is 10.2 Å². The molecule has 0 atom stereocenters. The van der Waals surface area contributed by atoms with E-state index in [2.05, 4.69) is 15.5 Å². The minimum absolute atomic E-state index is 0.272. The van der Waals surface area contributed by atoms with Gasteiger partial charge in [-0.05, 0) is 23.8 Å². The molecule has 3 rings (SSSR count). The van der Waals surface area contributed by atoms with Gasteiger partial charge in [-0.1, -0.05) is 41.3 Å². The summed E-state index contributed by atoms with van der Waals surface area (Å²) in [6.45, 7) is 0. The number of hydrogen-bond donors (Lipinski definition) is 1. The van der Waals surface area contributed by atoms with Crippen molar-refractivity contribution in [2.24, 2.45) is 0 Å². The molecule has 0 unspecified atom stereocenters. The number of ether oxygens (including phenoxy) is 2. The molecule has 0 bridgehead atoms. The molecular formula is C19H16F3N3O3S2. The molecule has 30 heavy (non-hydrogen) atoms. The second-order valence-corrected chi connectivity index (χ2v) is 8.12. The third-order valence-electron chi connectivity index (χ3n) is 3.86. The molecule has 0 aliphatic heterocycles. The van der Waals surface area contributed by atoms with Crippen molar-refractivity contribution in [3.05, 3.63) is 59.2 Å². The van der Waals surface area contributed by atoms with Crippen LogP contribution < -0.4 is 14.8 Å². The predicted octanol–water partition coefficient (Wildman–Crippen LogP) is 5.12. The fourth-order valence-corrected chi connectivity index (χ4v) is 4.10. The van der Waals surface area contributed by atoms with E-state index in [1.807, 2.05) is 0 Å². The first-order valence-corrected chi connectivity index (χ1v) is 10.3. The molecule has 0 aliphatic carbocycles. The van der Waals surface area contributed by atoms with Crippen molar-refractivity contribution in [2.45, 2.75) is 16.3 Å². The van der Waals surface area contributed by atoms with E-state index in [-0.39, 0.29) is 5.13 Å². The number of nitrogens with zero attached hydrogens (tertiary/aromatic N) is 2. The van der Waals surface area contributed by atoms with E-state index in [1.54, 1.807) is 24.3 Å². The number of anilines is 1. The van der Waals surface area contributed by atoms with Crippen LogP contribution in [0.2, 0.25) is 0 Å². The topological polar surface area (TPSA) is 73.3 Å². The van der Waals surface area contributed by atoms with E-state index in [4.69, 9.17) is 9.47 Å². The number of methoxy groups -OCH3 is 2. The normalized spacial score (nSPS) is 11.2. The maximum absolute atomic E-state index is 12.8. The van der Waals surface area contributed by atoms with E-state index in [0.29, 0.717) is 32.7 Å². The van der Waals surface area contributed by atoms with Gasteiger partial charge in [-0.25, -0.2) is 0 Å². The number of alkyl halides is 3. The SMILES string of the molecule is COc1cc(OC)cc(C(=O)Nc2nnc(SCc3cccc(C(F)(F)F)c3)s2)c1. The molecule has 6 nitrogen and oxygen atoms in total. The van der Waals surface area contributed by atoms with E-state index in [9.17, 15) is 18.0 Å². The maximum Gasteiger partial charge on any atom is 0.416 e. The first-order valence-electron chi connectivity index (χ1n) is 8.45. The van der Waals surface area contributed by atoms with Crippen molar-refractivity contribution in [3.8, 4) is 11.5 Å². The number of thioether (sulfide) groups is 1. The molecule has 2 aromatic carbocycles. The second kappa shape index (κ2) is 9.35. The van der Waals surface area contributed by atoms with E-state index < -0.39 is 17.6 Å². The number of carbonyl (C=O) groups is 1. The van der Waals surface area contributed by atoms with Crippen molar-refractivity contribution >= 4 is 34.1 Å². The largest absolute Gasteiger partial charge is 0.497 e. The van der Waals surface area contributed by atoms with Gasteiger partial charge in [0.25, 0.3) is 5.91 Å². The molecule has 0 saturated heterocycles. The van der Waals surface area contributed by atoms with Crippen molar-refractivity contribution in [3.63, 3.8) is 0 Å². The van der Waals surface area contributed by atoms with Crippen LogP contribution in [0.4, 0.5) is 18.3 Å². The number of halogens is 3. The minimum Gasteiger partial charge on any atom is -0.497 e. The Labute approximate surface area is 178 Å². The summed E-state index contributed by atoms with van der Waals surface area (Å²) in [5, 5.41) is 10.8. The highest BCUT2D eigenvalue weighted by Crippen LogP contribution is 2.32. The molecule has 11 heteroatoms. The Balaban J connectivity index is 1.64. The monoisotopic (exact) mass is 455 g/mol. The third-order valence-corrected chi connectivity index (χ3v) is 5.90. The van der Waals surface area contributed by atoms with Crippen LogP contribution >= 0.6 is 23.1 Å². The summed E-state index contributed by atoms with van der Waals surface area (Å²) in [4.78, 5) is 12.5. The molecule has 158 valence electrons. The van der Waals surface area contributed by atoms with Gasteiger partial charge in [-0.3, -0.25) is 10.1 Å². The fraction of sp³-hybridized carbons (Fsp3) is 0.211. The van der Waals surface area contributed by atoms with Crippen LogP contribution in [0.15, 0.2) is 46.8 Å². The molecule has 0 radical (unpaired) electrons.